The van der Waals surface area contributed by atoms with Gasteiger partial charge in [-0.25, -0.2) is 4.57 Å². The molecule has 1 unspecified atom stereocenters. The van der Waals surface area contributed by atoms with Crippen LogP contribution in [0.3, 0.4) is 0 Å². The molecule has 1 spiro atoms. The third-order valence-electron chi connectivity index (χ3n) is 7.95. The van der Waals surface area contributed by atoms with Crippen molar-refractivity contribution in [3.8, 4) is 22.5 Å². The molecule has 1 aromatic heterocycles. The molecule has 1 amide bonds. The maximum Gasteiger partial charge on any atom is 0.476 e. The molecule has 2 heterocycles. The first-order chi connectivity index (χ1) is 20.8. The highest BCUT2D eigenvalue weighted by Crippen LogP contribution is 2.52. The first-order valence-corrected chi connectivity index (χ1v) is 16.7. The van der Waals surface area contributed by atoms with Gasteiger partial charge in [-0.1, -0.05) is 74.7 Å². The number of amides is 1. The third-order valence-corrected chi connectivity index (χ3v) is 9.66. The summed E-state index contributed by atoms with van der Waals surface area (Å²) in [5, 5.41) is 12.3. The van der Waals surface area contributed by atoms with Gasteiger partial charge in [-0.3, -0.25) is 28.3 Å². The van der Waals surface area contributed by atoms with E-state index in [2.05, 4.69) is 46.7 Å². The molecular formula is C31H41N6O5P. The molecule has 3 aromatic rings. The van der Waals surface area contributed by atoms with Crippen molar-refractivity contribution in [2.75, 3.05) is 13.2 Å². The molecule has 230 valence electrons. The van der Waals surface area contributed by atoms with Crippen LogP contribution in [0, 0.1) is 0 Å². The van der Waals surface area contributed by atoms with Crippen LogP contribution in [0.1, 0.15) is 84.4 Å². The maximum absolute atomic E-state index is 13.6. The average Bonchev–Trinajstić information content (AvgIpc) is 3.74. The summed E-state index contributed by atoms with van der Waals surface area (Å²) >= 11 is 0. The van der Waals surface area contributed by atoms with Gasteiger partial charge in [-0.05, 0) is 67.2 Å². The number of amidine groups is 1. The fourth-order valence-corrected chi connectivity index (χ4v) is 7.15. The van der Waals surface area contributed by atoms with E-state index in [-0.39, 0.29) is 19.1 Å². The van der Waals surface area contributed by atoms with E-state index >= 15 is 0 Å². The van der Waals surface area contributed by atoms with E-state index in [1.165, 1.54) is 4.68 Å². The Morgan fingerprint density at radius 1 is 0.977 bits per heavy atom. The number of aliphatic imine (C=N–C) groups is 1. The second-order valence-electron chi connectivity index (χ2n) is 10.9. The van der Waals surface area contributed by atoms with Gasteiger partial charge < -0.3 is 0 Å². The summed E-state index contributed by atoms with van der Waals surface area (Å²) in [6.07, 6.45) is 5.92. The summed E-state index contributed by atoms with van der Waals surface area (Å²) in [5.74, 6) is 1.55. The lowest BCUT2D eigenvalue weighted by Gasteiger charge is -2.23. The number of rotatable bonds is 14. The van der Waals surface area contributed by atoms with Crippen molar-refractivity contribution in [1.82, 2.24) is 25.1 Å². The second-order valence-corrected chi connectivity index (χ2v) is 12.6. The smallest absolute Gasteiger partial charge is 0.294 e. The van der Waals surface area contributed by atoms with Gasteiger partial charge in [-0.15, -0.1) is 5.10 Å². The molecule has 1 atom stereocenters. The molecule has 2 aliphatic rings. The Morgan fingerprint density at radius 3 is 2.30 bits per heavy atom. The van der Waals surface area contributed by atoms with Crippen molar-refractivity contribution < 1.29 is 22.9 Å². The third kappa shape index (κ3) is 6.65. The fraction of sp³-hybridized carbons (Fsp3) is 0.516. The largest absolute Gasteiger partial charge is 0.476 e. The zero-order valence-electron chi connectivity index (χ0n) is 25.4. The zero-order valence-corrected chi connectivity index (χ0v) is 26.3. The van der Waals surface area contributed by atoms with E-state index in [0.717, 1.165) is 73.0 Å². The Morgan fingerprint density at radius 2 is 1.65 bits per heavy atom. The van der Waals surface area contributed by atoms with Crippen molar-refractivity contribution in [1.29, 1.82) is 0 Å². The van der Waals surface area contributed by atoms with Crippen LogP contribution in [0.25, 0.3) is 22.5 Å². The highest BCUT2D eigenvalue weighted by Gasteiger charge is 2.49. The van der Waals surface area contributed by atoms with Gasteiger partial charge in [0.1, 0.15) is 11.4 Å². The molecule has 0 bridgehead atoms. The predicted molar refractivity (Wildman–Crippen MR) is 164 cm³/mol. The van der Waals surface area contributed by atoms with Crippen molar-refractivity contribution in [3.63, 3.8) is 0 Å². The van der Waals surface area contributed by atoms with Gasteiger partial charge in [0.15, 0.2) is 12.1 Å². The second kappa shape index (κ2) is 13.6. The number of hydrogen-bond donors (Lipinski definition) is 0. The Bertz CT molecular complexity index is 1470. The number of benzene rings is 2. The lowest BCUT2D eigenvalue weighted by Crippen LogP contribution is -2.40. The van der Waals surface area contributed by atoms with Crippen LogP contribution in [0.2, 0.25) is 0 Å². The van der Waals surface area contributed by atoms with E-state index < -0.39 is 19.6 Å². The lowest BCUT2D eigenvalue weighted by atomic mass is 9.97. The van der Waals surface area contributed by atoms with Gasteiger partial charge in [0.25, 0.3) is 5.91 Å². The monoisotopic (exact) mass is 608 g/mol. The van der Waals surface area contributed by atoms with Crippen molar-refractivity contribution in [2.24, 2.45) is 4.99 Å². The van der Waals surface area contributed by atoms with Crippen LogP contribution in [0.4, 0.5) is 0 Å². The highest BCUT2D eigenvalue weighted by atomic mass is 31.2. The van der Waals surface area contributed by atoms with E-state index in [1.807, 2.05) is 29.2 Å². The molecule has 0 radical (unpaired) electrons. The molecule has 2 aromatic carbocycles. The molecule has 1 aliphatic carbocycles. The molecule has 5 rings (SSSR count). The molecule has 1 saturated carbocycles. The van der Waals surface area contributed by atoms with Crippen LogP contribution < -0.4 is 0 Å². The molecule has 11 nitrogen and oxygen atoms in total. The van der Waals surface area contributed by atoms with Crippen LogP contribution in [-0.2, 0) is 29.5 Å². The summed E-state index contributed by atoms with van der Waals surface area (Å²) < 4.78 is 30.8. The highest BCUT2D eigenvalue weighted by molar-refractivity contribution is 7.48. The van der Waals surface area contributed by atoms with Gasteiger partial charge in [-0.2, -0.15) is 4.68 Å². The fourth-order valence-electron chi connectivity index (χ4n) is 5.86. The Balaban J connectivity index is 1.37. The van der Waals surface area contributed by atoms with E-state index in [1.54, 1.807) is 20.8 Å². The molecular weight excluding hydrogens is 567 g/mol. The Kier molecular flexibility index (Phi) is 9.86. The number of nitrogens with zero attached hydrogens (tertiary/aromatic N) is 6. The molecule has 0 saturated heterocycles. The number of unbranched alkanes of at least 4 members (excludes halogenated alkanes) is 1. The van der Waals surface area contributed by atoms with Gasteiger partial charge in [0.05, 0.1) is 19.8 Å². The van der Waals surface area contributed by atoms with E-state index in [4.69, 9.17) is 18.6 Å². The van der Waals surface area contributed by atoms with Gasteiger partial charge in [0, 0.05) is 12.0 Å². The van der Waals surface area contributed by atoms with Gasteiger partial charge in [0.2, 0.25) is 0 Å². The first kappa shape index (κ1) is 31.2. The number of aromatic nitrogens is 4. The number of carbonyl (C=O) groups excluding carboxylic acids is 1. The summed E-state index contributed by atoms with van der Waals surface area (Å²) in [7, 11) is -3.79. The van der Waals surface area contributed by atoms with E-state index in [0.29, 0.717) is 12.4 Å². The van der Waals surface area contributed by atoms with Crippen molar-refractivity contribution >= 4 is 19.6 Å². The summed E-state index contributed by atoms with van der Waals surface area (Å²) in [5.41, 5.74) is 3.18. The summed E-state index contributed by atoms with van der Waals surface area (Å²) in [6, 6.07) is 16.0. The standard InChI is InChI=1S/C31H41N6O5P/c1-5-8-15-28-32-31(20-11-12-21-31)30(38)36(28)22-24-16-18-25(19-17-24)26-13-9-10-14-27(26)29-33-34-35-37(29)23(4)42-43(39,40-6-2)41-7-3/h9-10,13-14,16-19,23H,5-8,11-12,15,20-22H2,1-4H3. The number of carbonyl (C=O) groups is 1. The topological polar surface area (TPSA) is 121 Å². The van der Waals surface area contributed by atoms with Gasteiger partial charge >= 0.3 is 7.82 Å². The van der Waals surface area contributed by atoms with Crippen LogP contribution in [0.5, 0.6) is 0 Å². The minimum absolute atomic E-state index is 0.159. The number of phosphoric acid groups is 1. The molecule has 0 N–H and O–H groups in total. The normalized spacial score (nSPS) is 17.2. The van der Waals surface area contributed by atoms with Crippen molar-refractivity contribution in [3.05, 3.63) is 54.1 Å². The molecule has 12 heteroatoms. The quantitative estimate of drug-likeness (QED) is 0.180. The number of phosphoric ester groups is 1. The minimum Gasteiger partial charge on any atom is -0.294 e. The number of tetrazole rings is 1. The lowest BCUT2D eigenvalue weighted by molar-refractivity contribution is -0.131. The van der Waals surface area contributed by atoms with Crippen LogP contribution in [0.15, 0.2) is 53.5 Å². The molecule has 1 aliphatic heterocycles. The predicted octanol–water partition coefficient (Wildman–Crippen LogP) is 6.97. The SMILES string of the molecule is CCCCC1=NC2(CCCC2)C(=O)N1Cc1ccc(-c2ccccc2-c2nnnn2C(C)OP(=O)(OCC)OCC)cc1. The van der Waals surface area contributed by atoms with Crippen molar-refractivity contribution in [2.45, 2.75) is 91.0 Å². The average molecular weight is 609 g/mol. The summed E-state index contributed by atoms with van der Waals surface area (Å²) in [4.78, 5) is 20.5. The number of hydrogen-bond acceptors (Lipinski definition) is 9. The minimum atomic E-state index is -3.79. The zero-order chi connectivity index (χ0) is 30.5. The summed E-state index contributed by atoms with van der Waals surface area (Å²) in [6.45, 7) is 8.15. The van der Waals surface area contributed by atoms with Crippen LogP contribution in [-0.4, -0.2) is 55.6 Å². The maximum atomic E-state index is 13.6. The Hall–Kier alpha value is -3.24. The van der Waals surface area contributed by atoms with E-state index in [9.17, 15) is 9.36 Å². The van der Waals surface area contributed by atoms with Crippen LogP contribution >= 0.6 is 7.82 Å². The Labute approximate surface area is 253 Å². The molecule has 1 fully saturated rings. The first-order valence-electron chi connectivity index (χ1n) is 15.3. The molecule has 43 heavy (non-hydrogen) atoms.